The molecule has 0 heterocycles. The minimum absolute atomic E-state index is 0.126. The van der Waals surface area contributed by atoms with Gasteiger partial charge in [0.2, 0.25) is 0 Å². The number of hydrogen-bond donors (Lipinski definition) is 1. The van der Waals surface area contributed by atoms with E-state index in [1.807, 2.05) is 6.92 Å². The number of aromatic hydroxyl groups is 1. The monoisotopic (exact) mass is 292 g/mol. The lowest BCUT2D eigenvalue weighted by molar-refractivity contribution is -0.144. The normalized spacial score (nSPS) is 10.2. The highest BCUT2D eigenvalue weighted by atomic mass is 16.3. The average Bonchev–Trinajstić information content (AvgIpc) is 2.50. The molecule has 1 aromatic rings. The Morgan fingerprint density at radius 3 is 2.14 bits per heavy atom. The Morgan fingerprint density at radius 2 is 1.62 bits per heavy atom. The third kappa shape index (κ3) is 4.77. The average molecular weight is 292 g/mol. The maximum atomic E-state index is 12.3. The lowest BCUT2D eigenvalue weighted by Crippen LogP contribution is -2.44. The fraction of sp³-hybridized carbons (Fsp3) is 0.500. The predicted molar refractivity (Wildman–Crippen MR) is 83.3 cm³/mol. The van der Waals surface area contributed by atoms with Crippen LogP contribution in [0.5, 0.6) is 5.75 Å². The molecule has 5 nitrogen and oxygen atoms in total. The summed E-state index contributed by atoms with van der Waals surface area (Å²) in [6.07, 6.45) is 2.70. The zero-order valence-corrected chi connectivity index (χ0v) is 13.0. The molecule has 0 radical (unpaired) electrons. The molecule has 0 unspecified atom stereocenters. The highest BCUT2D eigenvalue weighted by Crippen LogP contribution is 2.17. The number of anilines is 1. The highest BCUT2D eigenvalue weighted by molar-refractivity contribution is 6.40. The first-order valence-electron chi connectivity index (χ1n) is 7.37. The fourth-order valence-electron chi connectivity index (χ4n) is 2.01. The van der Waals surface area contributed by atoms with Crippen LogP contribution in [0.4, 0.5) is 5.69 Å². The molecule has 1 N–H and O–H groups in total. The summed E-state index contributed by atoms with van der Waals surface area (Å²) >= 11 is 0. The Bertz CT molecular complexity index is 471. The molecule has 1 rings (SSSR count). The zero-order chi connectivity index (χ0) is 15.8. The van der Waals surface area contributed by atoms with Gasteiger partial charge in [-0.25, -0.2) is 0 Å². The van der Waals surface area contributed by atoms with Crippen LogP contribution in [0.1, 0.15) is 33.1 Å². The summed E-state index contributed by atoms with van der Waals surface area (Å²) in [5.41, 5.74) is 0.582. The van der Waals surface area contributed by atoms with Gasteiger partial charge < -0.3 is 14.9 Å². The predicted octanol–water partition coefficient (Wildman–Crippen LogP) is 2.39. The van der Waals surface area contributed by atoms with Crippen LogP contribution in [-0.4, -0.2) is 42.0 Å². The van der Waals surface area contributed by atoms with Crippen LogP contribution in [-0.2, 0) is 9.59 Å². The minimum Gasteiger partial charge on any atom is -0.508 e. The molecular formula is C16H24N2O3. The summed E-state index contributed by atoms with van der Waals surface area (Å²) in [4.78, 5) is 27.5. The molecule has 0 aromatic heterocycles. The quantitative estimate of drug-likeness (QED) is 0.819. The minimum atomic E-state index is -0.551. The SMILES string of the molecule is CCCCN(CCC)C(=O)C(=O)N(C)c1ccc(O)cc1. The van der Waals surface area contributed by atoms with E-state index in [2.05, 4.69) is 6.92 Å². The number of rotatable bonds is 6. The van der Waals surface area contributed by atoms with Gasteiger partial charge in [0.15, 0.2) is 0 Å². The Labute approximate surface area is 126 Å². The van der Waals surface area contributed by atoms with Gasteiger partial charge >= 0.3 is 11.8 Å². The molecule has 0 atom stereocenters. The number of phenols is 1. The van der Waals surface area contributed by atoms with Crippen molar-refractivity contribution in [2.45, 2.75) is 33.1 Å². The van der Waals surface area contributed by atoms with Crippen molar-refractivity contribution in [1.29, 1.82) is 0 Å². The van der Waals surface area contributed by atoms with Crippen LogP contribution in [0.3, 0.4) is 0 Å². The van der Waals surface area contributed by atoms with Gasteiger partial charge in [0.25, 0.3) is 0 Å². The molecule has 0 aliphatic heterocycles. The van der Waals surface area contributed by atoms with E-state index in [-0.39, 0.29) is 5.75 Å². The maximum Gasteiger partial charge on any atom is 0.316 e. The molecule has 0 saturated heterocycles. The van der Waals surface area contributed by atoms with Gasteiger partial charge in [-0.3, -0.25) is 9.59 Å². The molecule has 1 aromatic carbocycles. The molecule has 116 valence electrons. The molecular weight excluding hydrogens is 268 g/mol. The number of carbonyl (C=O) groups is 2. The van der Waals surface area contributed by atoms with Crippen molar-refractivity contribution in [2.75, 3.05) is 25.0 Å². The van der Waals surface area contributed by atoms with Crippen molar-refractivity contribution >= 4 is 17.5 Å². The molecule has 5 heteroatoms. The maximum absolute atomic E-state index is 12.3. The number of nitrogens with zero attached hydrogens (tertiary/aromatic N) is 2. The van der Waals surface area contributed by atoms with E-state index in [0.717, 1.165) is 19.3 Å². The Balaban J connectivity index is 2.78. The van der Waals surface area contributed by atoms with Crippen LogP contribution >= 0.6 is 0 Å². The Kier molecular flexibility index (Phi) is 6.72. The third-order valence-corrected chi connectivity index (χ3v) is 3.29. The Morgan fingerprint density at radius 1 is 1.00 bits per heavy atom. The van der Waals surface area contributed by atoms with Gasteiger partial charge in [-0.2, -0.15) is 0 Å². The zero-order valence-electron chi connectivity index (χ0n) is 13.0. The molecule has 0 spiro atoms. The van der Waals surface area contributed by atoms with E-state index in [4.69, 9.17) is 0 Å². The summed E-state index contributed by atoms with van der Waals surface area (Å²) in [6.45, 7) is 5.24. The molecule has 0 fully saturated rings. The number of carbonyl (C=O) groups excluding carboxylic acids is 2. The van der Waals surface area contributed by atoms with Gasteiger partial charge in [0.1, 0.15) is 5.75 Å². The first-order valence-corrected chi connectivity index (χ1v) is 7.37. The number of benzene rings is 1. The van der Waals surface area contributed by atoms with Crippen molar-refractivity contribution in [1.82, 2.24) is 4.90 Å². The van der Waals surface area contributed by atoms with Gasteiger partial charge in [0, 0.05) is 25.8 Å². The smallest absolute Gasteiger partial charge is 0.316 e. The molecule has 21 heavy (non-hydrogen) atoms. The number of likely N-dealkylation sites (N-methyl/N-ethyl adjacent to an activating group) is 1. The summed E-state index contributed by atoms with van der Waals surface area (Å²) < 4.78 is 0. The Hall–Kier alpha value is -2.04. The van der Waals surface area contributed by atoms with Crippen molar-refractivity contribution in [3.05, 3.63) is 24.3 Å². The van der Waals surface area contributed by atoms with Crippen molar-refractivity contribution in [3.63, 3.8) is 0 Å². The first-order chi connectivity index (χ1) is 10.0. The van der Waals surface area contributed by atoms with E-state index in [1.54, 1.807) is 24.1 Å². The number of phenolic OH excluding ortho intramolecular Hbond substituents is 1. The summed E-state index contributed by atoms with van der Waals surface area (Å²) in [6, 6.07) is 6.20. The van der Waals surface area contributed by atoms with Gasteiger partial charge in [-0.15, -0.1) is 0 Å². The highest BCUT2D eigenvalue weighted by Gasteiger charge is 2.25. The lowest BCUT2D eigenvalue weighted by atomic mass is 10.2. The van der Waals surface area contributed by atoms with Crippen molar-refractivity contribution < 1.29 is 14.7 Å². The van der Waals surface area contributed by atoms with Crippen LogP contribution in [0, 0.1) is 0 Å². The van der Waals surface area contributed by atoms with E-state index >= 15 is 0 Å². The van der Waals surface area contributed by atoms with Crippen LogP contribution in [0.15, 0.2) is 24.3 Å². The van der Waals surface area contributed by atoms with Crippen LogP contribution in [0.2, 0.25) is 0 Å². The fourth-order valence-corrected chi connectivity index (χ4v) is 2.01. The van der Waals surface area contributed by atoms with E-state index in [1.165, 1.54) is 17.0 Å². The van der Waals surface area contributed by atoms with Gasteiger partial charge in [0.05, 0.1) is 0 Å². The van der Waals surface area contributed by atoms with E-state index < -0.39 is 11.8 Å². The molecule has 0 aliphatic rings. The molecule has 2 amide bonds. The van der Waals surface area contributed by atoms with Crippen molar-refractivity contribution in [3.8, 4) is 5.75 Å². The number of hydrogen-bond acceptors (Lipinski definition) is 3. The first kappa shape index (κ1) is 17.0. The van der Waals surface area contributed by atoms with Gasteiger partial charge in [-0.1, -0.05) is 20.3 Å². The van der Waals surface area contributed by atoms with E-state index in [9.17, 15) is 14.7 Å². The second kappa shape index (κ2) is 8.29. The summed E-state index contributed by atoms with van der Waals surface area (Å²) in [5.74, 6) is -0.896. The van der Waals surface area contributed by atoms with Crippen LogP contribution < -0.4 is 4.90 Å². The molecule has 0 bridgehead atoms. The number of amides is 2. The lowest BCUT2D eigenvalue weighted by Gasteiger charge is -2.24. The van der Waals surface area contributed by atoms with Crippen molar-refractivity contribution in [2.24, 2.45) is 0 Å². The van der Waals surface area contributed by atoms with E-state index in [0.29, 0.717) is 18.8 Å². The van der Waals surface area contributed by atoms with Crippen LogP contribution in [0.25, 0.3) is 0 Å². The standard InChI is InChI=1S/C16H24N2O3/c1-4-6-12-18(11-5-2)16(21)15(20)17(3)13-7-9-14(19)10-8-13/h7-10,19H,4-6,11-12H2,1-3H3. The summed E-state index contributed by atoms with van der Waals surface area (Å²) in [7, 11) is 1.57. The second-order valence-corrected chi connectivity index (χ2v) is 5.03. The number of unbranched alkanes of at least 4 members (excludes halogenated alkanes) is 1. The third-order valence-electron chi connectivity index (χ3n) is 3.29. The topological polar surface area (TPSA) is 60.9 Å². The molecule has 0 saturated carbocycles. The second-order valence-electron chi connectivity index (χ2n) is 5.03. The largest absolute Gasteiger partial charge is 0.508 e. The molecule has 0 aliphatic carbocycles. The summed E-state index contributed by atoms with van der Waals surface area (Å²) in [5, 5.41) is 9.26. The van der Waals surface area contributed by atoms with Gasteiger partial charge in [-0.05, 0) is 37.1 Å².